The first-order chi connectivity index (χ1) is 8.65. The lowest BCUT2D eigenvalue weighted by Crippen LogP contribution is -2.34. The predicted molar refractivity (Wildman–Crippen MR) is 77.4 cm³/mol. The van der Waals surface area contributed by atoms with E-state index in [1.165, 1.54) is 25.7 Å². The van der Waals surface area contributed by atoms with Gasteiger partial charge in [0.25, 0.3) is 0 Å². The van der Waals surface area contributed by atoms with Crippen LogP contribution < -0.4 is 0 Å². The molecule has 1 aliphatic rings. The second-order valence-electron chi connectivity index (χ2n) is 5.60. The second-order valence-corrected chi connectivity index (χ2v) is 6.17. The maximum atomic E-state index is 13.6. The van der Waals surface area contributed by atoms with Crippen LogP contribution in [0.3, 0.4) is 0 Å². The average Bonchev–Trinajstić information content (AvgIpc) is 2.81. The topological polar surface area (TPSA) is 3.24 Å². The number of alkyl halides is 1. The summed E-state index contributed by atoms with van der Waals surface area (Å²) in [5, 5.41) is 1.06. The molecule has 2 rings (SSSR count). The Balaban J connectivity index is 1.96. The molecular weight excluding hydrogens is 293 g/mol. The Morgan fingerprint density at radius 1 is 1.28 bits per heavy atom. The summed E-state index contributed by atoms with van der Waals surface area (Å²) < 4.78 is 13.6. The fourth-order valence-electron chi connectivity index (χ4n) is 3.00. The first-order valence-corrected chi connectivity index (χ1v) is 7.75. The van der Waals surface area contributed by atoms with Crippen molar-refractivity contribution in [2.45, 2.75) is 32.2 Å². The normalized spacial score (nSPS) is 18.4. The monoisotopic (exact) mass is 313 g/mol. The van der Waals surface area contributed by atoms with E-state index >= 15 is 0 Å². The Labute approximate surface area is 118 Å². The van der Waals surface area contributed by atoms with Gasteiger partial charge in [0, 0.05) is 24.0 Å². The molecule has 0 N–H and O–H groups in total. The van der Waals surface area contributed by atoms with Gasteiger partial charge >= 0.3 is 0 Å². The molecule has 1 nitrogen and oxygen atoms in total. The zero-order chi connectivity index (χ0) is 13.0. The maximum absolute atomic E-state index is 13.6. The number of nitrogens with zero attached hydrogens (tertiary/aromatic N) is 1. The van der Waals surface area contributed by atoms with Gasteiger partial charge in [0.1, 0.15) is 5.82 Å². The number of halogens is 2. The van der Waals surface area contributed by atoms with Crippen LogP contribution >= 0.6 is 15.9 Å². The molecule has 0 bridgehead atoms. The largest absolute Gasteiger partial charge is 0.301 e. The first kappa shape index (κ1) is 14.0. The Kier molecular flexibility index (Phi) is 4.79. The Morgan fingerprint density at radius 3 is 2.56 bits per heavy atom. The van der Waals surface area contributed by atoms with Crippen LogP contribution in [0.2, 0.25) is 0 Å². The van der Waals surface area contributed by atoms with E-state index in [1.807, 2.05) is 12.1 Å². The SMILES string of the molecule is CN(Cc1ccccc1F)CC1(CBr)CCCC1. The fourth-order valence-corrected chi connectivity index (χ4v) is 3.74. The molecule has 0 saturated heterocycles. The van der Waals surface area contributed by atoms with Gasteiger partial charge in [-0.05, 0) is 31.4 Å². The predicted octanol–water partition coefficient (Wildman–Crippen LogP) is 4.21. The van der Waals surface area contributed by atoms with Crippen LogP contribution in [0, 0.1) is 11.2 Å². The van der Waals surface area contributed by atoms with Crippen molar-refractivity contribution in [1.82, 2.24) is 4.90 Å². The van der Waals surface area contributed by atoms with E-state index in [0.29, 0.717) is 12.0 Å². The van der Waals surface area contributed by atoms with Crippen LogP contribution in [-0.2, 0) is 6.54 Å². The summed E-state index contributed by atoms with van der Waals surface area (Å²) in [6.45, 7) is 1.74. The fraction of sp³-hybridized carbons (Fsp3) is 0.600. The van der Waals surface area contributed by atoms with Crippen molar-refractivity contribution >= 4 is 15.9 Å². The van der Waals surface area contributed by atoms with Gasteiger partial charge in [0.05, 0.1) is 0 Å². The second kappa shape index (κ2) is 6.16. The van der Waals surface area contributed by atoms with Gasteiger partial charge in [0.15, 0.2) is 0 Å². The summed E-state index contributed by atoms with van der Waals surface area (Å²) in [7, 11) is 2.09. The smallest absolute Gasteiger partial charge is 0.127 e. The van der Waals surface area contributed by atoms with Gasteiger partial charge < -0.3 is 4.90 Å². The van der Waals surface area contributed by atoms with Gasteiger partial charge in [-0.25, -0.2) is 4.39 Å². The lowest BCUT2D eigenvalue weighted by Gasteiger charge is -2.32. The highest BCUT2D eigenvalue weighted by Crippen LogP contribution is 2.40. The molecule has 1 aliphatic carbocycles. The van der Waals surface area contributed by atoms with Gasteiger partial charge in [-0.3, -0.25) is 0 Å². The van der Waals surface area contributed by atoms with Crippen molar-refractivity contribution in [3.05, 3.63) is 35.6 Å². The van der Waals surface area contributed by atoms with Crippen LogP contribution in [0.4, 0.5) is 4.39 Å². The van der Waals surface area contributed by atoms with E-state index in [1.54, 1.807) is 12.1 Å². The molecule has 18 heavy (non-hydrogen) atoms. The highest BCUT2D eigenvalue weighted by molar-refractivity contribution is 9.09. The van der Waals surface area contributed by atoms with Crippen LogP contribution in [-0.4, -0.2) is 23.8 Å². The Hall–Kier alpha value is -0.410. The minimum absolute atomic E-state index is 0.0938. The van der Waals surface area contributed by atoms with Crippen LogP contribution in [0.1, 0.15) is 31.2 Å². The first-order valence-electron chi connectivity index (χ1n) is 6.63. The number of hydrogen-bond acceptors (Lipinski definition) is 1. The zero-order valence-electron chi connectivity index (χ0n) is 11.0. The Morgan fingerprint density at radius 2 is 1.94 bits per heavy atom. The molecular formula is C15H21BrFN. The zero-order valence-corrected chi connectivity index (χ0v) is 12.5. The van der Waals surface area contributed by atoms with Gasteiger partial charge in [0.2, 0.25) is 0 Å². The van der Waals surface area contributed by atoms with Crippen molar-refractivity contribution in [3.8, 4) is 0 Å². The molecule has 0 atom stereocenters. The molecule has 0 spiro atoms. The summed E-state index contributed by atoms with van der Waals surface area (Å²) in [6, 6.07) is 7.07. The number of benzene rings is 1. The molecule has 1 aromatic rings. The van der Waals surface area contributed by atoms with E-state index in [-0.39, 0.29) is 5.82 Å². The van der Waals surface area contributed by atoms with E-state index in [4.69, 9.17) is 0 Å². The van der Waals surface area contributed by atoms with Crippen molar-refractivity contribution in [2.24, 2.45) is 5.41 Å². The average molecular weight is 314 g/mol. The molecule has 1 fully saturated rings. The lowest BCUT2D eigenvalue weighted by atomic mass is 9.88. The van der Waals surface area contributed by atoms with E-state index in [0.717, 1.165) is 17.4 Å². The summed E-state index contributed by atoms with van der Waals surface area (Å²) >= 11 is 3.66. The molecule has 0 unspecified atom stereocenters. The van der Waals surface area contributed by atoms with Crippen LogP contribution in [0.5, 0.6) is 0 Å². The lowest BCUT2D eigenvalue weighted by molar-refractivity contribution is 0.195. The van der Waals surface area contributed by atoms with Crippen LogP contribution in [0.25, 0.3) is 0 Å². The van der Waals surface area contributed by atoms with Crippen molar-refractivity contribution in [3.63, 3.8) is 0 Å². The molecule has 0 aromatic heterocycles. The van der Waals surface area contributed by atoms with Crippen LogP contribution in [0.15, 0.2) is 24.3 Å². The standard InChI is InChI=1S/C15H21BrFN/c1-18(10-13-6-2-3-7-14(13)17)12-15(11-16)8-4-5-9-15/h2-3,6-7H,4-5,8-12H2,1H3. The molecule has 0 amide bonds. The summed E-state index contributed by atoms with van der Waals surface area (Å²) in [5.41, 5.74) is 1.20. The van der Waals surface area contributed by atoms with Gasteiger partial charge in [-0.2, -0.15) is 0 Å². The van der Waals surface area contributed by atoms with Crippen molar-refractivity contribution in [1.29, 1.82) is 0 Å². The molecule has 0 radical (unpaired) electrons. The van der Waals surface area contributed by atoms with Gasteiger partial charge in [-0.1, -0.05) is 47.0 Å². The van der Waals surface area contributed by atoms with Crippen molar-refractivity contribution < 1.29 is 4.39 Å². The van der Waals surface area contributed by atoms with E-state index in [2.05, 4.69) is 27.9 Å². The maximum Gasteiger partial charge on any atom is 0.127 e. The molecule has 0 aliphatic heterocycles. The van der Waals surface area contributed by atoms with E-state index < -0.39 is 0 Å². The number of hydrogen-bond donors (Lipinski definition) is 0. The Bertz CT molecular complexity index is 388. The van der Waals surface area contributed by atoms with Gasteiger partial charge in [-0.15, -0.1) is 0 Å². The highest BCUT2D eigenvalue weighted by atomic mass is 79.9. The third-order valence-corrected chi connectivity index (χ3v) is 5.14. The third-order valence-electron chi connectivity index (χ3n) is 3.95. The number of rotatable bonds is 5. The summed E-state index contributed by atoms with van der Waals surface area (Å²) in [6.07, 6.45) is 5.25. The summed E-state index contributed by atoms with van der Waals surface area (Å²) in [4.78, 5) is 2.25. The third kappa shape index (κ3) is 3.33. The molecule has 100 valence electrons. The molecule has 3 heteroatoms. The van der Waals surface area contributed by atoms with E-state index in [9.17, 15) is 4.39 Å². The minimum atomic E-state index is -0.0938. The quantitative estimate of drug-likeness (QED) is 0.736. The molecule has 0 heterocycles. The van der Waals surface area contributed by atoms with Crippen molar-refractivity contribution in [2.75, 3.05) is 18.9 Å². The summed E-state index contributed by atoms with van der Waals surface area (Å²) in [5.74, 6) is -0.0938. The minimum Gasteiger partial charge on any atom is -0.301 e. The molecule has 1 aromatic carbocycles. The molecule has 1 saturated carbocycles. The highest BCUT2D eigenvalue weighted by Gasteiger charge is 2.33.